The highest BCUT2D eigenvalue weighted by Gasteiger charge is 2.29. The zero-order valence-corrected chi connectivity index (χ0v) is 10.1. The van der Waals surface area contributed by atoms with Crippen LogP contribution >= 0.6 is 0 Å². The van der Waals surface area contributed by atoms with Crippen LogP contribution in [0.2, 0.25) is 0 Å². The zero-order chi connectivity index (χ0) is 11.8. The number of hydrogen-bond acceptors (Lipinski definition) is 5. The predicted octanol–water partition coefficient (Wildman–Crippen LogP) is 0.287. The smallest absolute Gasteiger partial charge is 0.325 e. The van der Waals surface area contributed by atoms with Crippen molar-refractivity contribution in [2.45, 2.75) is 19.9 Å². The first-order valence-corrected chi connectivity index (χ1v) is 5.85. The topological polar surface area (TPSA) is 48.0 Å². The van der Waals surface area contributed by atoms with E-state index in [0.29, 0.717) is 33.0 Å². The Bertz CT molecular complexity index is 210. The number of morpholine rings is 1. The van der Waals surface area contributed by atoms with E-state index < -0.39 is 0 Å². The van der Waals surface area contributed by atoms with Gasteiger partial charge >= 0.3 is 5.97 Å². The molecule has 1 saturated heterocycles. The third kappa shape index (κ3) is 4.08. The van der Waals surface area contributed by atoms with Gasteiger partial charge in [0.25, 0.3) is 0 Å². The Kier molecular flexibility index (Phi) is 6.37. The molecule has 0 N–H and O–H groups in total. The zero-order valence-electron chi connectivity index (χ0n) is 10.1. The fourth-order valence-corrected chi connectivity index (χ4v) is 1.68. The van der Waals surface area contributed by atoms with Crippen LogP contribution in [0.5, 0.6) is 0 Å². The van der Waals surface area contributed by atoms with Gasteiger partial charge in [-0.05, 0) is 13.5 Å². The average molecular weight is 231 g/mol. The molecule has 0 bridgehead atoms. The van der Waals surface area contributed by atoms with E-state index in [1.807, 2.05) is 13.8 Å². The van der Waals surface area contributed by atoms with E-state index in [9.17, 15) is 4.79 Å². The van der Waals surface area contributed by atoms with Crippen LogP contribution in [-0.2, 0) is 19.0 Å². The van der Waals surface area contributed by atoms with E-state index in [2.05, 4.69) is 4.90 Å². The second-order valence-corrected chi connectivity index (χ2v) is 3.58. The Hall–Kier alpha value is -0.650. The number of esters is 1. The summed E-state index contributed by atoms with van der Waals surface area (Å²) in [6, 6.07) is -0.250. The number of carbonyl (C=O) groups excluding carboxylic acids is 1. The molecule has 5 nitrogen and oxygen atoms in total. The third-order valence-electron chi connectivity index (χ3n) is 2.59. The molecule has 1 rings (SSSR count). The number of rotatable bonds is 6. The van der Waals surface area contributed by atoms with Crippen LogP contribution in [0, 0.1) is 0 Å². The molecule has 1 atom stereocenters. The molecule has 1 aliphatic rings. The third-order valence-corrected chi connectivity index (χ3v) is 2.59. The highest BCUT2D eigenvalue weighted by molar-refractivity contribution is 5.76. The first-order chi connectivity index (χ1) is 7.79. The van der Waals surface area contributed by atoms with E-state index in [1.54, 1.807) is 0 Å². The van der Waals surface area contributed by atoms with Crippen molar-refractivity contribution in [2.24, 2.45) is 0 Å². The van der Waals surface area contributed by atoms with Crippen molar-refractivity contribution in [3.8, 4) is 0 Å². The standard InChI is InChI=1S/C11H21NO4/c1-3-12-5-6-15-9-10(12)11(13)16-8-7-14-4-2/h10H,3-9H2,1-2H3/t10-/m0/s1. The molecule has 0 saturated carbocycles. The minimum absolute atomic E-state index is 0.207. The van der Waals surface area contributed by atoms with Crippen molar-refractivity contribution in [3.05, 3.63) is 0 Å². The quantitative estimate of drug-likeness (QED) is 0.485. The van der Waals surface area contributed by atoms with Gasteiger partial charge in [-0.1, -0.05) is 6.92 Å². The van der Waals surface area contributed by atoms with E-state index >= 15 is 0 Å². The van der Waals surface area contributed by atoms with Crippen molar-refractivity contribution in [1.82, 2.24) is 4.90 Å². The highest BCUT2D eigenvalue weighted by atomic mass is 16.6. The lowest BCUT2D eigenvalue weighted by Crippen LogP contribution is -2.50. The largest absolute Gasteiger partial charge is 0.462 e. The molecule has 94 valence electrons. The van der Waals surface area contributed by atoms with Gasteiger partial charge in [0, 0.05) is 13.2 Å². The average Bonchev–Trinajstić information content (AvgIpc) is 2.34. The second-order valence-electron chi connectivity index (χ2n) is 3.58. The van der Waals surface area contributed by atoms with Crippen LogP contribution in [-0.4, -0.2) is 63.0 Å². The predicted molar refractivity (Wildman–Crippen MR) is 59.3 cm³/mol. The number of nitrogens with zero attached hydrogens (tertiary/aromatic N) is 1. The first-order valence-electron chi connectivity index (χ1n) is 5.85. The minimum Gasteiger partial charge on any atom is -0.462 e. The summed E-state index contributed by atoms with van der Waals surface area (Å²) in [5.41, 5.74) is 0. The molecule has 0 unspecified atom stereocenters. The van der Waals surface area contributed by atoms with Crippen molar-refractivity contribution in [2.75, 3.05) is 46.1 Å². The van der Waals surface area contributed by atoms with Crippen molar-refractivity contribution in [1.29, 1.82) is 0 Å². The molecule has 0 spiro atoms. The minimum atomic E-state index is -0.250. The molecule has 0 aromatic carbocycles. The van der Waals surface area contributed by atoms with Gasteiger partial charge in [-0.2, -0.15) is 0 Å². The van der Waals surface area contributed by atoms with Gasteiger partial charge in [0.2, 0.25) is 0 Å². The first kappa shape index (κ1) is 13.4. The van der Waals surface area contributed by atoms with Crippen LogP contribution in [0.25, 0.3) is 0 Å². The highest BCUT2D eigenvalue weighted by Crippen LogP contribution is 2.07. The van der Waals surface area contributed by atoms with Gasteiger partial charge in [-0.25, -0.2) is 0 Å². The summed E-state index contributed by atoms with van der Waals surface area (Å²) in [6.07, 6.45) is 0. The molecule has 0 aromatic heterocycles. The molecule has 1 heterocycles. The summed E-state index contributed by atoms with van der Waals surface area (Å²) in [7, 11) is 0. The SMILES string of the molecule is CCOCCOC(=O)[C@@H]1COCCN1CC. The van der Waals surface area contributed by atoms with Crippen molar-refractivity contribution in [3.63, 3.8) is 0 Å². The molecule has 1 fully saturated rings. The summed E-state index contributed by atoms with van der Waals surface area (Å²) >= 11 is 0. The maximum Gasteiger partial charge on any atom is 0.325 e. The maximum atomic E-state index is 11.7. The van der Waals surface area contributed by atoms with Gasteiger partial charge in [-0.3, -0.25) is 9.69 Å². The number of hydrogen-bond donors (Lipinski definition) is 0. The molecular weight excluding hydrogens is 210 g/mol. The van der Waals surface area contributed by atoms with Crippen LogP contribution in [0.15, 0.2) is 0 Å². The van der Waals surface area contributed by atoms with Crippen LogP contribution in [0.3, 0.4) is 0 Å². The van der Waals surface area contributed by atoms with Crippen molar-refractivity contribution >= 4 is 5.97 Å². The summed E-state index contributed by atoms with van der Waals surface area (Å²) in [5, 5.41) is 0. The van der Waals surface area contributed by atoms with E-state index in [1.165, 1.54) is 0 Å². The number of ether oxygens (including phenoxy) is 3. The maximum absolute atomic E-state index is 11.7. The van der Waals surface area contributed by atoms with E-state index in [-0.39, 0.29) is 12.0 Å². The molecule has 0 amide bonds. The molecule has 5 heteroatoms. The van der Waals surface area contributed by atoms with Crippen LogP contribution in [0.4, 0.5) is 0 Å². The Labute approximate surface area is 96.6 Å². The molecular formula is C11H21NO4. The summed E-state index contributed by atoms with van der Waals surface area (Å²) in [5.74, 6) is -0.207. The molecule has 16 heavy (non-hydrogen) atoms. The van der Waals surface area contributed by atoms with E-state index in [4.69, 9.17) is 14.2 Å². The van der Waals surface area contributed by atoms with Gasteiger partial charge in [0.15, 0.2) is 0 Å². The lowest BCUT2D eigenvalue weighted by Gasteiger charge is -2.32. The summed E-state index contributed by atoms with van der Waals surface area (Å²) < 4.78 is 15.5. The monoisotopic (exact) mass is 231 g/mol. The van der Waals surface area contributed by atoms with Gasteiger partial charge in [0.1, 0.15) is 12.6 Å². The second kappa shape index (κ2) is 7.60. The molecule has 0 aliphatic carbocycles. The fourth-order valence-electron chi connectivity index (χ4n) is 1.68. The van der Waals surface area contributed by atoms with Crippen molar-refractivity contribution < 1.29 is 19.0 Å². The van der Waals surface area contributed by atoms with Gasteiger partial charge < -0.3 is 14.2 Å². The fraction of sp³-hybridized carbons (Fsp3) is 0.909. The normalized spacial score (nSPS) is 22.0. The number of likely N-dealkylation sites (N-methyl/N-ethyl adjacent to an activating group) is 1. The lowest BCUT2D eigenvalue weighted by atomic mass is 10.2. The number of carbonyl (C=O) groups is 1. The Morgan fingerprint density at radius 1 is 1.44 bits per heavy atom. The Morgan fingerprint density at radius 2 is 2.25 bits per heavy atom. The Balaban J connectivity index is 2.27. The summed E-state index contributed by atoms with van der Waals surface area (Å²) in [6.45, 7) is 8.13. The molecule has 0 radical (unpaired) electrons. The summed E-state index contributed by atoms with van der Waals surface area (Å²) in [4.78, 5) is 13.8. The van der Waals surface area contributed by atoms with E-state index in [0.717, 1.165) is 13.1 Å². The Morgan fingerprint density at radius 3 is 2.94 bits per heavy atom. The van der Waals surface area contributed by atoms with Crippen LogP contribution in [0.1, 0.15) is 13.8 Å². The van der Waals surface area contributed by atoms with Gasteiger partial charge in [-0.15, -0.1) is 0 Å². The lowest BCUT2D eigenvalue weighted by molar-refractivity contribution is -0.157. The molecule has 1 aliphatic heterocycles. The van der Waals surface area contributed by atoms with Gasteiger partial charge in [0.05, 0.1) is 19.8 Å². The molecule has 0 aromatic rings. The van der Waals surface area contributed by atoms with Crippen LogP contribution < -0.4 is 0 Å².